The lowest BCUT2D eigenvalue weighted by Crippen LogP contribution is -2.47. The number of benzene rings is 1. The van der Waals surface area contributed by atoms with Crippen molar-refractivity contribution in [3.8, 4) is 0 Å². The number of aliphatic carboxylic acids is 1. The van der Waals surface area contributed by atoms with E-state index in [2.05, 4.69) is 56.0 Å². The maximum Gasteiger partial charge on any atom is 0.306 e. The predicted octanol–water partition coefficient (Wildman–Crippen LogP) is 7.84. The highest BCUT2D eigenvalue weighted by atomic mass is 35.5. The van der Waals surface area contributed by atoms with Crippen molar-refractivity contribution in [1.82, 2.24) is 9.97 Å². The Morgan fingerprint density at radius 3 is 2.08 bits per heavy atom. The lowest BCUT2D eigenvalue weighted by molar-refractivity contribution is -0.143. The molecule has 10 heteroatoms. The summed E-state index contributed by atoms with van der Waals surface area (Å²) in [6, 6.07) is 8.02. The smallest absolute Gasteiger partial charge is 0.306 e. The van der Waals surface area contributed by atoms with Crippen LogP contribution in [0.5, 0.6) is 0 Å². The fraction of sp³-hybridized carbons (Fsp3) is 0.586. The highest BCUT2D eigenvalue weighted by Gasteiger charge is 2.39. The van der Waals surface area contributed by atoms with Crippen molar-refractivity contribution in [3.05, 3.63) is 52.0 Å². The van der Waals surface area contributed by atoms with E-state index in [1.807, 2.05) is 19.1 Å². The van der Waals surface area contributed by atoms with Crippen LogP contribution in [0.25, 0.3) is 0 Å². The zero-order valence-corrected chi connectivity index (χ0v) is 26.5. The van der Waals surface area contributed by atoms with Crippen molar-refractivity contribution in [2.24, 2.45) is 11.8 Å². The molecule has 1 saturated carbocycles. The van der Waals surface area contributed by atoms with Crippen molar-refractivity contribution >= 4 is 49.1 Å². The number of rotatable bonds is 9. The van der Waals surface area contributed by atoms with Gasteiger partial charge in [-0.25, -0.2) is 9.97 Å². The number of aromatic nitrogens is 2. The number of nitrogens with zero attached hydrogens (tertiary/aromatic N) is 3. The molecule has 1 aromatic heterocycles. The van der Waals surface area contributed by atoms with Crippen LogP contribution in [-0.4, -0.2) is 47.9 Å². The summed E-state index contributed by atoms with van der Waals surface area (Å²) < 4.78 is 6.57. The molecule has 2 atom stereocenters. The molecular weight excluding hydrogens is 553 g/mol. The highest BCUT2D eigenvalue weighted by molar-refractivity contribution is 6.74. The van der Waals surface area contributed by atoms with Gasteiger partial charge in [-0.05, 0) is 80.3 Å². The van der Waals surface area contributed by atoms with Crippen LogP contribution < -0.4 is 4.90 Å². The minimum Gasteiger partial charge on any atom is -0.481 e. The van der Waals surface area contributed by atoms with Gasteiger partial charge in [-0.15, -0.1) is 0 Å². The molecule has 2 unspecified atom stereocenters. The Bertz CT molecular complexity index is 1140. The molecular formula is C29H41Cl2N3O4Si. The van der Waals surface area contributed by atoms with Crippen molar-refractivity contribution in [2.45, 2.75) is 90.5 Å². The summed E-state index contributed by atoms with van der Waals surface area (Å²) in [5.74, 6) is -0.830. The molecule has 0 aliphatic heterocycles. The van der Waals surface area contributed by atoms with Gasteiger partial charge in [0, 0.05) is 5.69 Å². The van der Waals surface area contributed by atoms with E-state index in [1.165, 1.54) is 11.9 Å². The van der Waals surface area contributed by atoms with Gasteiger partial charge in [0.05, 0.1) is 18.6 Å². The average Bonchev–Trinajstić information content (AvgIpc) is 2.86. The Hall–Kier alpha value is -2.00. The van der Waals surface area contributed by atoms with Crippen LogP contribution in [0.3, 0.4) is 0 Å². The summed E-state index contributed by atoms with van der Waals surface area (Å²) in [4.78, 5) is 34.8. The number of hydrogen-bond donors (Lipinski definition) is 1. The largest absolute Gasteiger partial charge is 0.481 e. The molecule has 0 saturated heterocycles. The Morgan fingerprint density at radius 1 is 1.05 bits per heavy atom. The number of carboxylic acid groups (broad SMARTS) is 1. The molecule has 1 amide bonds. The maximum atomic E-state index is 13.8. The van der Waals surface area contributed by atoms with Crippen molar-refractivity contribution < 1.29 is 19.1 Å². The zero-order chi connectivity index (χ0) is 29.1. The van der Waals surface area contributed by atoms with Crippen LogP contribution in [0.15, 0.2) is 30.6 Å². The number of carbonyl (C=O) groups excluding carboxylic acids is 1. The minimum absolute atomic E-state index is 0.00642. The van der Waals surface area contributed by atoms with Crippen LogP contribution >= 0.6 is 23.2 Å². The molecule has 1 aliphatic rings. The molecule has 1 aliphatic carbocycles. The van der Waals surface area contributed by atoms with Gasteiger partial charge in [0.2, 0.25) is 0 Å². The molecule has 0 spiro atoms. The fourth-order valence-electron chi connectivity index (χ4n) is 5.02. The molecule has 1 aromatic carbocycles. The van der Waals surface area contributed by atoms with E-state index >= 15 is 0 Å². The van der Waals surface area contributed by atoms with E-state index in [9.17, 15) is 14.7 Å². The molecule has 1 heterocycles. The fourth-order valence-corrected chi connectivity index (χ4v) is 6.93. The third-order valence-corrected chi connectivity index (χ3v) is 13.7. The average molecular weight is 595 g/mol. The first-order valence-electron chi connectivity index (χ1n) is 13.6. The predicted molar refractivity (Wildman–Crippen MR) is 159 cm³/mol. The minimum atomic E-state index is -2.08. The Labute approximate surface area is 243 Å². The number of halogens is 2. The summed E-state index contributed by atoms with van der Waals surface area (Å²) in [7, 11) is -2.08. The summed E-state index contributed by atoms with van der Waals surface area (Å²) in [5, 5.41) is 9.40. The summed E-state index contributed by atoms with van der Waals surface area (Å²) >= 11 is 12.6. The van der Waals surface area contributed by atoms with Crippen molar-refractivity contribution in [3.63, 3.8) is 0 Å². The van der Waals surface area contributed by atoms with Gasteiger partial charge in [-0.1, -0.05) is 63.0 Å². The second-order valence-electron chi connectivity index (χ2n) is 12.3. The van der Waals surface area contributed by atoms with Crippen LogP contribution in [0.1, 0.15) is 82.1 Å². The van der Waals surface area contributed by atoms with Gasteiger partial charge in [0.1, 0.15) is 22.2 Å². The number of hydrogen-bond acceptors (Lipinski definition) is 5. The van der Waals surface area contributed by atoms with Gasteiger partial charge in [0.25, 0.3) is 5.91 Å². The lowest BCUT2D eigenvalue weighted by atomic mass is 9.74. The quantitative estimate of drug-likeness (QED) is 0.235. The van der Waals surface area contributed by atoms with Crippen molar-refractivity contribution in [1.29, 1.82) is 0 Å². The number of anilines is 1. The Balaban J connectivity index is 1.85. The topological polar surface area (TPSA) is 92.6 Å². The molecule has 0 radical (unpaired) electrons. The zero-order valence-electron chi connectivity index (χ0n) is 24.0. The molecule has 39 heavy (non-hydrogen) atoms. The van der Waals surface area contributed by atoms with Gasteiger partial charge in [-0.3, -0.25) is 9.59 Å². The van der Waals surface area contributed by atoms with Crippen LogP contribution in [0.4, 0.5) is 5.69 Å². The Morgan fingerprint density at radius 2 is 1.59 bits per heavy atom. The summed E-state index contributed by atoms with van der Waals surface area (Å²) in [5.41, 5.74) is 1.96. The highest BCUT2D eigenvalue weighted by Crippen LogP contribution is 2.40. The number of amides is 1. The molecule has 214 valence electrons. The van der Waals surface area contributed by atoms with Crippen LogP contribution in [0.2, 0.25) is 28.4 Å². The van der Waals surface area contributed by atoms with E-state index < -0.39 is 14.3 Å². The molecule has 3 rings (SSSR count). The standard InChI is InChI=1S/C29H41Cl2N3O4Si/c1-18(38-39(6,7)29(3,4)5)16-34(27(35)24-25(30)32-17-33-26(24)31)23-14-12-22(13-15-23)21-10-8-20(9-11-21)19(2)28(36)37/h12-15,17-21H,8-11,16H2,1-7H3,(H,36,37)/t18?,19?,20-,21-. The first-order chi connectivity index (χ1) is 18.1. The van der Waals surface area contributed by atoms with Crippen LogP contribution in [0, 0.1) is 11.8 Å². The summed E-state index contributed by atoms with van der Waals surface area (Å²) in [6.07, 6.45) is 4.71. The van der Waals surface area contributed by atoms with E-state index in [-0.39, 0.29) is 44.8 Å². The Kier molecular flexibility index (Phi) is 10.2. The van der Waals surface area contributed by atoms with E-state index in [4.69, 9.17) is 27.6 Å². The molecule has 1 N–H and O–H groups in total. The first kappa shape index (κ1) is 31.5. The normalized spacial score (nSPS) is 19.8. The van der Waals surface area contributed by atoms with Crippen molar-refractivity contribution in [2.75, 3.05) is 11.4 Å². The molecule has 2 aromatic rings. The third kappa shape index (κ3) is 7.60. The second-order valence-corrected chi connectivity index (χ2v) is 17.7. The van der Waals surface area contributed by atoms with E-state index in [0.717, 1.165) is 25.7 Å². The monoisotopic (exact) mass is 593 g/mol. The first-order valence-corrected chi connectivity index (χ1v) is 17.3. The molecule has 1 fully saturated rings. The number of carboxylic acids is 1. The third-order valence-electron chi connectivity index (χ3n) is 8.50. The van der Waals surface area contributed by atoms with Gasteiger partial charge in [0.15, 0.2) is 8.32 Å². The van der Waals surface area contributed by atoms with E-state index in [0.29, 0.717) is 18.2 Å². The summed E-state index contributed by atoms with van der Waals surface area (Å²) in [6.45, 7) is 15.0. The lowest BCUT2D eigenvalue weighted by Gasteiger charge is -2.39. The SMILES string of the molecule is CC(CN(C(=O)c1c(Cl)ncnc1Cl)c1ccc([C@H]2CC[C@H](C(C)C(=O)O)CC2)cc1)O[Si](C)(C)C(C)(C)C. The van der Waals surface area contributed by atoms with Gasteiger partial charge in [-0.2, -0.15) is 0 Å². The number of carbonyl (C=O) groups is 2. The van der Waals surface area contributed by atoms with Crippen LogP contribution in [-0.2, 0) is 9.22 Å². The van der Waals surface area contributed by atoms with E-state index in [1.54, 1.807) is 11.8 Å². The van der Waals surface area contributed by atoms with Gasteiger partial charge < -0.3 is 14.4 Å². The maximum absolute atomic E-state index is 13.8. The molecule has 7 nitrogen and oxygen atoms in total. The molecule has 0 bridgehead atoms. The van der Waals surface area contributed by atoms with Gasteiger partial charge >= 0.3 is 5.97 Å². The second kappa shape index (κ2) is 12.7.